The minimum atomic E-state index is 0.260. The summed E-state index contributed by atoms with van der Waals surface area (Å²) in [7, 11) is 1.70. The highest BCUT2D eigenvalue weighted by atomic mass is 16.5. The fourth-order valence-corrected chi connectivity index (χ4v) is 1.98. The smallest absolute Gasteiger partial charge is 0.123 e. The number of aromatic amines is 1. The monoisotopic (exact) mass is 245 g/mol. The number of hydrogen-bond acceptors (Lipinski definition) is 3. The molecule has 0 aliphatic carbocycles. The molecule has 0 radical (unpaired) electrons. The van der Waals surface area contributed by atoms with E-state index in [1.807, 2.05) is 24.4 Å². The number of aromatic nitrogens is 2. The molecule has 2 rings (SSSR count). The summed E-state index contributed by atoms with van der Waals surface area (Å²) in [4.78, 5) is 7.30. The van der Waals surface area contributed by atoms with E-state index in [1.165, 1.54) is 5.56 Å². The van der Waals surface area contributed by atoms with Crippen LogP contribution < -0.4 is 10.1 Å². The van der Waals surface area contributed by atoms with Gasteiger partial charge in [0.15, 0.2) is 0 Å². The van der Waals surface area contributed by atoms with Crippen LogP contribution >= 0.6 is 0 Å². The quantitative estimate of drug-likeness (QED) is 0.821. The lowest BCUT2D eigenvalue weighted by molar-refractivity contribution is 0.402. The van der Waals surface area contributed by atoms with Crippen molar-refractivity contribution in [3.05, 3.63) is 48.0 Å². The SMILES string of the molecule is COc1ccccc1C(C)NCCc1ncc[nH]1. The summed E-state index contributed by atoms with van der Waals surface area (Å²) in [6, 6.07) is 8.35. The van der Waals surface area contributed by atoms with Crippen LogP contribution in [-0.2, 0) is 6.42 Å². The van der Waals surface area contributed by atoms with Crippen LogP contribution in [-0.4, -0.2) is 23.6 Å². The Morgan fingerprint density at radius 1 is 1.39 bits per heavy atom. The van der Waals surface area contributed by atoms with Gasteiger partial charge in [0.25, 0.3) is 0 Å². The van der Waals surface area contributed by atoms with Crippen LogP contribution in [0.4, 0.5) is 0 Å². The summed E-state index contributed by atoms with van der Waals surface area (Å²) in [6.45, 7) is 3.02. The first kappa shape index (κ1) is 12.6. The molecule has 1 aromatic heterocycles. The molecule has 0 aliphatic rings. The van der Waals surface area contributed by atoms with Gasteiger partial charge in [-0.2, -0.15) is 0 Å². The van der Waals surface area contributed by atoms with Gasteiger partial charge < -0.3 is 15.0 Å². The van der Waals surface area contributed by atoms with Crippen LogP contribution in [0.1, 0.15) is 24.4 Å². The number of H-pyrrole nitrogens is 1. The minimum absolute atomic E-state index is 0.260. The highest BCUT2D eigenvalue weighted by Crippen LogP contribution is 2.23. The van der Waals surface area contributed by atoms with E-state index in [1.54, 1.807) is 13.3 Å². The molecular weight excluding hydrogens is 226 g/mol. The Hall–Kier alpha value is -1.81. The lowest BCUT2D eigenvalue weighted by Crippen LogP contribution is -2.22. The standard InChI is InChI=1S/C14H19N3O/c1-11(12-5-3-4-6-13(12)18-2)15-8-7-14-16-9-10-17-14/h3-6,9-11,15H,7-8H2,1-2H3,(H,16,17). The third-order valence-electron chi connectivity index (χ3n) is 2.97. The molecule has 0 amide bonds. The second-order valence-corrected chi connectivity index (χ2v) is 4.20. The van der Waals surface area contributed by atoms with Gasteiger partial charge in [-0.15, -0.1) is 0 Å². The van der Waals surface area contributed by atoms with Crippen molar-refractivity contribution in [2.24, 2.45) is 0 Å². The summed E-state index contributed by atoms with van der Waals surface area (Å²) in [5.41, 5.74) is 1.18. The largest absolute Gasteiger partial charge is 0.496 e. The molecule has 2 aromatic rings. The van der Waals surface area contributed by atoms with Crippen LogP contribution in [0.2, 0.25) is 0 Å². The van der Waals surface area contributed by atoms with Crippen LogP contribution in [0.5, 0.6) is 5.75 Å². The number of imidazole rings is 1. The van der Waals surface area contributed by atoms with E-state index >= 15 is 0 Å². The number of ether oxygens (including phenoxy) is 1. The first-order chi connectivity index (χ1) is 8.81. The first-order valence-corrected chi connectivity index (χ1v) is 6.16. The highest BCUT2D eigenvalue weighted by Gasteiger charge is 2.09. The molecule has 0 fully saturated rings. The Labute approximate surface area is 107 Å². The maximum Gasteiger partial charge on any atom is 0.123 e. The summed E-state index contributed by atoms with van der Waals surface area (Å²) in [6.07, 6.45) is 4.52. The molecule has 4 heteroatoms. The number of rotatable bonds is 6. The second-order valence-electron chi connectivity index (χ2n) is 4.20. The van der Waals surface area contributed by atoms with Crippen LogP contribution in [0, 0.1) is 0 Å². The number of benzene rings is 1. The average Bonchev–Trinajstić information content (AvgIpc) is 2.91. The number of para-hydroxylation sites is 1. The van der Waals surface area contributed by atoms with Crippen molar-refractivity contribution < 1.29 is 4.74 Å². The predicted molar refractivity (Wildman–Crippen MR) is 71.7 cm³/mol. The normalized spacial score (nSPS) is 12.3. The first-order valence-electron chi connectivity index (χ1n) is 6.16. The van der Waals surface area contributed by atoms with E-state index in [0.717, 1.165) is 24.5 Å². The summed E-state index contributed by atoms with van der Waals surface area (Å²) < 4.78 is 5.36. The molecule has 1 heterocycles. The van der Waals surface area contributed by atoms with E-state index in [4.69, 9.17) is 4.74 Å². The van der Waals surface area contributed by atoms with Crippen molar-refractivity contribution >= 4 is 0 Å². The maximum atomic E-state index is 5.36. The van der Waals surface area contributed by atoms with Crippen molar-refractivity contribution in [3.63, 3.8) is 0 Å². The molecule has 0 spiro atoms. The minimum Gasteiger partial charge on any atom is -0.496 e. The van der Waals surface area contributed by atoms with Crippen molar-refractivity contribution in [1.82, 2.24) is 15.3 Å². The van der Waals surface area contributed by atoms with Gasteiger partial charge in [-0.1, -0.05) is 18.2 Å². The Balaban J connectivity index is 1.89. The van der Waals surface area contributed by atoms with Gasteiger partial charge in [-0.3, -0.25) is 0 Å². The zero-order valence-electron chi connectivity index (χ0n) is 10.8. The van der Waals surface area contributed by atoms with Gasteiger partial charge in [-0.05, 0) is 13.0 Å². The van der Waals surface area contributed by atoms with Crippen LogP contribution in [0.25, 0.3) is 0 Å². The molecule has 18 heavy (non-hydrogen) atoms. The molecule has 2 N–H and O–H groups in total. The van der Waals surface area contributed by atoms with Crippen molar-refractivity contribution in [3.8, 4) is 5.75 Å². The fourth-order valence-electron chi connectivity index (χ4n) is 1.98. The van der Waals surface area contributed by atoms with E-state index in [0.29, 0.717) is 0 Å². The predicted octanol–water partition coefficient (Wildman–Crippen LogP) is 2.31. The topological polar surface area (TPSA) is 49.9 Å². The molecule has 0 bridgehead atoms. The fraction of sp³-hybridized carbons (Fsp3) is 0.357. The van der Waals surface area contributed by atoms with E-state index < -0.39 is 0 Å². The highest BCUT2D eigenvalue weighted by molar-refractivity contribution is 5.35. The summed E-state index contributed by atoms with van der Waals surface area (Å²) in [5, 5.41) is 3.47. The maximum absolute atomic E-state index is 5.36. The van der Waals surface area contributed by atoms with Gasteiger partial charge in [0.1, 0.15) is 11.6 Å². The molecule has 4 nitrogen and oxygen atoms in total. The van der Waals surface area contributed by atoms with E-state index in [2.05, 4.69) is 28.3 Å². The van der Waals surface area contributed by atoms with Gasteiger partial charge in [0.05, 0.1) is 7.11 Å². The Kier molecular flexibility index (Phi) is 4.36. The molecule has 1 aromatic carbocycles. The number of nitrogens with zero attached hydrogens (tertiary/aromatic N) is 1. The van der Waals surface area contributed by atoms with Crippen molar-refractivity contribution in [2.75, 3.05) is 13.7 Å². The van der Waals surface area contributed by atoms with Crippen LogP contribution in [0.15, 0.2) is 36.7 Å². The zero-order valence-corrected chi connectivity index (χ0v) is 10.8. The van der Waals surface area contributed by atoms with Gasteiger partial charge in [0.2, 0.25) is 0 Å². The molecule has 1 unspecified atom stereocenters. The molecule has 96 valence electrons. The third-order valence-corrected chi connectivity index (χ3v) is 2.97. The average molecular weight is 245 g/mol. The van der Waals surface area contributed by atoms with E-state index in [9.17, 15) is 0 Å². The summed E-state index contributed by atoms with van der Waals surface area (Å²) in [5.74, 6) is 1.94. The third kappa shape index (κ3) is 3.11. The van der Waals surface area contributed by atoms with Crippen LogP contribution in [0.3, 0.4) is 0 Å². The second kappa shape index (κ2) is 6.21. The van der Waals surface area contributed by atoms with Gasteiger partial charge in [0, 0.05) is 37.0 Å². The molecule has 0 aliphatic heterocycles. The van der Waals surface area contributed by atoms with Crippen molar-refractivity contribution in [1.29, 1.82) is 0 Å². The number of hydrogen-bond donors (Lipinski definition) is 2. The molecular formula is C14H19N3O. The molecule has 0 saturated heterocycles. The molecule has 0 saturated carbocycles. The number of methoxy groups -OCH3 is 1. The van der Waals surface area contributed by atoms with Gasteiger partial charge >= 0.3 is 0 Å². The van der Waals surface area contributed by atoms with E-state index in [-0.39, 0.29) is 6.04 Å². The lowest BCUT2D eigenvalue weighted by atomic mass is 10.1. The van der Waals surface area contributed by atoms with Gasteiger partial charge in [-0.25, -0.2) is 4.98 Å². The molecule has 1 atom stereocenters. The van der Waals surface area contributed by atoms with Crippen molar-refractivity contribution in [2.45, 2.75) is 19.4 Å². The Morgan fingerprint density at radius 2 is 2.22 bits per heavy atom. The summed E-state index contributed by atoms with van der Waals surface area (Å²) >= 11 is 0. The Bertz CT molecular complexity index is 468. The Morgan fingerprint density at radius 3 is 2.94 bits per heavy atom. The number of nitrogens with one attached hydrogen (secondary N) is 2. The zero-order chi connectivity index (χ0) is 12.8. The lowest BCUT2D eigenvalue weighted by Gasteiger charge is -2.16.